The van der Waals surface area contributed by atoms with E-state index < -0.39 is 36.3 Å². The number of benzene rings is 4. The molecule has 0 saturated heterocycles. The van der Waals surface area contributed by atoms with Crippen LogP contribution in [0.4, 0.5) is 5.13 Å². The number of allylic oxidation sites excluding steroid dienone is 1. The van der Waals surface area contributed by atoms with Crippen LogP contribution in [-0.4, -0.2) is 66.6 Å². The summed E-state index contributed by atoms with van der Waals surface area (Å²) in [5, 5.41) is 4.85. The molecule has 5 rings (SSSR count). The summed E-state index contributed by atoms with van der Waals surface area (Å²) in [6.45, 7) is 9.18. The molecule has 0 fully saturated rings. The minimum Gasteiger partial charge on any atom is -0.489 e. The number of carbonyl (C=O) groups is 6. The number of hydrazone groups is 1. The smallest absolute Gasteiger partial charge is 0.343 e. The molecule has 0 radical (unpaired) electrons. The van der Waals surface area contributed by atoms with E-state index >= 15 is 0 Å². The van der Waals surface area contributed by atoms with Crippen LogP contribution in [0.1, 0.15) is 44.7 Å². The molecule has 15 nitrogen and oxygen atoms in total. The molecule has 0 saturated carbocycles. The van der Waals surface area contributed by atoms with Crippen molar-refractivity contribution >= 4 is 68.2 Å². The van der Waals surface area contributed by atoms with Gasteiger partial charge in [0.2, 0.25) is 30.3 Å². The number of carbonyl (C=O) groups excluding carboxylic acids is 6. The van der Waals surface area contributed by atoms with Crippen LogP contribution in [-0.2, 0) is 35.1 Å². The van der Waals surface area contributed by atoms with Crippen molar-refractivity contribution in [1.82, 2.24) is 4.98 Å². The Labute approximate surface area is 347 Å². The first-order valence-electron chi connectivity index (χ1n) is 18.0. The van der Waals surface area contributed by atoms with E-state index in [1.165, 1.54) is 66.1 Å². The SMILES string of the molecule is C=CC(=O)CCOc1cc(C(=O)Oc2ccc(CCC(=O)C(=O)c3ccc(OCOC(=O)C=C)cc3)cc2/C=N/Nc2nc3ccccc3s2)ccc1OCOC(=O)C=C. The highest BCUT2D eigenvalue weighted by molar-refractivity contribution is 7.22. The van der Waals surface area contributed by atoms with Crippen molar-refractivity contribution in [2.45, 2.75) is 19.3 Å². The molecule has 1 heterocycles. The molecule has 0 spiro atoms. The number of aromatic nitrogens is 1. The van der Waals surface area contributed by atoms with Crippen LogP contribution in [0.15, 0.2) is 128 Å². The lowest BCUT2D eigenvalue weighted by Crippen LogP contribution is -2.15. The molecule has 60 heavy (non-hydrogen) atoms. The second kappa shape index (κ2) is 21.7. The van der Waals surface area contributed by atoms with E-state index in [0.717, 1.165) is 28.4 Å². The Kier molecular flexibility index (Phi) is 15.7. The predicted molar refractivity (Wildman–Crippen MR) is 222 cm³/mol. The van der Waals surface area contributed by atoms with Crippen LogP contribution in [0.3, 0.4) is 0 Å². The number of ether oxygens (including phenoxy) is 6. The first-order valence-corrected chi connectivity index (χ1v) is 18.8. The molecule has 5 aromatic rings. The Morgan fingerprint density at radius 2 is 1.42 bits per heavy atom. The lowest BCUT2D eigenvalue weighted by molar-refractivity contribution is -0.145. The molecule has 0 aliphatic heterocycles. The van der Waals surface area contributed by atoms with Crippen molar-refractivity contribution in [2.75, 3.05) is 25.6 Å². The molecule has 1 aromatic heterocycles. The molecule has 306 valence electrons. The number of ketones is 3. The lowest BCUT2D eigenvalue weighted by Gasteiger charge is -2.14. The highest BCUT2D eigenvalue weighted by atomic mass is 32.1. The van der Waals surface area contributed by atoms with Crippen molar-refractivity contribution < 1.29 is 57.2 Å². The summed E-state index contributed by atoms with van der Waals surface area (Å²) in [6.07, 6.45) is 4.60. The van der Waals surface area contributed by atoms with Crippen LogP contribution in [0.5, 0.6) is 23.0 Å². The van der Waals surface area contributed by atoms with Crippen LogP contribution in [0, 0.1) is 0 Å². The highest BCUT2D eigenvalue weighted by Crippen LogP contribution is 2.30. The molecule has 0 unspecified atom stereocenters. The van der Waals surface area contributed by atoms with Gasteiger partial charge in [-0.15, -0.1) is 0 Å². The second-order valence-corrected chi connectivity index (χ2v) is 13.2. The number of esters is 3. The number of aryl methyl sites for hydroxylation is 1. The molecule has 0 amide bonds. The zero-order chi connectivity index (χ0) is 42.9. The van der Waals surface area contributed by atoms with Gasteiger partial charge >= 0.3 is 17.9 Å². The number of anilines is 1. The van der Waals surface area contributed by atoms with Gasteiger partial charge in [-0.3, -0.25) is 19.8 Å². The fourth-order valence-electron chi connectivity index (χ4n) is 5.07. The Hall–Kier alpha value is -7.72. The maximum absolute atomic E-state index is 13.6. The quantitative estimate of drug-likeness (QED) is 0.0103. The van der Waals surface area contributed by atoms with E-state index in [0.29, 0.717) is 22.0 Å². The predicted octanol–water partition coefficient (Wildman–Crippen LogP) is 7.00. The van der Waals surface area contributed by atoms with Gasteiger partial charge in [-0.25, -0.2) is 19.4 Å². The average molecular weight is 832 g/mol. The van der Waals surface area contributed by atoms with E-state index in [1.807, 2.05) is 24.3 Å². The number of thiazole rings is 1. The third kappa shape index (κ3) is 12.6. The van der Waals surface area contributed by atoms with E-state index in [9.17, 15) is 28.8 Å². The van der Waals surface area contributed by atoms with Gasteiger partial charge in [-0.1, -0.05) is 49.3 Å². The van der Waals surface area contributed by atoms with Gasteiger partial charge in [-0.05, 0) is 84.8 Å². The Balaban J connectivity index is 1.32. The fraction of sp³-hybridized carbons (Fsp3) is 0.136. The van der Waals surface area contributed by atoms with E-state index in [2.05, 4.69) is 35.2 Å². The first kappa shape index (κ1) is 43.4. The van der Waals surface area contributed by atoms with Gasteiger partial charge in [0.1, 0.15) is 11.5 Å². The van der Waals surface area contributed by atoms with Gasteiger partial charge in [0, 0.05) is 36.1 Å². The molecule has 0 atom stereocenters. The van der Waals surface area contributed by atoms with Crippen LogP contribution in [0.25, 0.3) is 10.2 Å². The minimum absolute atomic E-state index is 0.00340. The molecule has 16 heteroatoms. The molecule has 1 N–H and O–H groups in total. The molecule has 0 bridgehead atoms. The second-order valence-electron chi connectivity index (χ2n) is 12.2. The van der Waals surface area contributed by atoms with Crippen molar-refractivity contribution in [2.24, 2.45) is 5.10 Å². The van der Waals surface area contributed by atoms with Crippen molar-refractivity contribution in [3.05, 3.63) is 145 Å². The van der Waals surface area contributed by atoms with Crippen LogP contribution in [0.2, 0.25) is 0 Å². The Morgan fingerprint density at radius 1 is 0.717 bits per heavy atom. The molecule has 4 aromatic carbocycles. The largest absolute Gasteiger partial charge is 0.489 e. The zero-order valence-electron chi connectivity index (χ0n) is 32.0. The number of hydrogen-bond acceptors (Lipinski definition) is 16. The summed E-state index contributed by atoms with van der Waals surface area (Å²) in [4.78, 5) is 78.5. The number of para-hydroxylation sites is 1. The number of nitrogens with one attached hydrogen (secondary N) is 1. The fourth-order valence-corrected chi connectivity index (χ4v) is 5.89. The van der Waals surface area contributed by atoms with Crippen LogP contribution >= 0.6 is 11.3 Å². The third-order valence-electron chi connectivity index (χ3n) is 8.13. The first-order chi connectivity index (χ1) is 29.1. The third-order valence-corrected chi connectivity index (χ3v) is 9.07. The number of hydrogen-bond donors (Lipinski definition) is 1. The number of fused-ring (bicyclic) bond motifs is 1. The van der Waals surface area contributed by atoms with Crippen molar-refractivity contribution in [3.8, 4) is 23.0 Å². The number of Topliss-reactive ketones (excluding diaryl/α,β-unsaturated/α-hetero) is 2. The maximum atomic E-state index is 13.6. The topological polar surface area (TPSA) is 195 Å². The Morgan fingerprint density at radius 3 is 2.13 bits per heavy atom. The molecular weight excluding hydrogens is 795 g/mol. The monoisotopic (exact) mass is 831 g/mol. The van der Waals surface area contributed by atoms with E-state index in [1.54, 1.807) is 12.1 Å². The van der Waals surface area contributed by atoms with Crippen molar-refractivity contribution in [1.29, 1.82) is 0 Å². The number of nitrogens with zero attached hydrogens (tertiary/aromatic N) is 2. The summed E-state index contributed by atoms with van der Waals surface area (Å²) in [7, 11) is 0. The standard InChI is InChI=1S/C44H37N3O12S/c1-4-32(48)21-22-54-38-24-30(15-20-37(38)56-27-58-41(51)6-3)43(53)59-36-19-12-28(23-31(36)25-45-47-44-46-34-9-7-8-10-39(34)60-44)11-18-35(49)42(52)29-13-16-33(17-14-29)55-26-57-40(50)5-2/h4-10,12-17,19-20,23-25H,1-3,11,18,21-22,26-27H2,(H,46,47)/b45-25+. The van der Waals surface area contributed by atoms with Gasteiger partial charge in [-0.2, -0.15) is 5.10 Å². The maximum Gasteiger partial charge on any atom is 0.343 e. The van der Waals surface area contributed by atoms with E-state index in [4.69, 9.17) is 28.4 Å². The van der Waals surface area contributed by atoms with Gasteiger partial charge in [0.25, 0.3) is 0 Å². The normalized spacial score (nSPS) is 10.6. The summed E-state index contributed by atoms with van der Waals surface area (Å²) >= 11 is 1.39. The van der Waals surface area contributed by atoms with E-state index in [-0.39, 0.29) is 66.8 Å². The highest BCUT2D eigenvalue weighted by Gasteiger charge is 2.19. The summed E-state index contributed by atoms with van der Waals surface area (Å²) in [5.74, 6) is -3.12. The van der Waals surface area contributed by atoms with Crippen molar-refractivity contribution in [3.63, 3.8) is 0 Å². The molecule has 0 aliphatic carbocycles. The average Bonchev–Trinajstić information content (AvgIpc) is 3.69. The molecule has 0 aliphatic rings. The van der Waals surface area contributed by atoms with Gasteiger partial charge in [0.05, 0.1) is 28.6 Å². The zero-order valence-corrected chi connectivity index (χ0v) is 32.8. The van der Waals surface area contributed by atoms with Gasteiger partial charge < -0.3 is 28.4 Å². The lowest BCUT2D eigenvalue weighted by atomic mass is 10.00. The molecular formula is C44H37N3O12S. The summed E-state index contributed by atoms with van der Waals surface area (Å²) in [6, 6.07) is 22.4. The summed E-state index contributed by atoms with van der Waals surface area (Å²) in [5.41, 5.74) is 4.88. The van der Waals surface area contributed by atoms with Gasteiger partial charge in [0.15, 0.2) is 17.3 Å². The minimum atomic E-state index is -0.789. The number of rotatable bonds is 23. The summed E-state index contributed by atoms with van der Waals surface area (Å²) < 4.78 is 33.0. The Bertz CT molecular complexity index is 2420. The van der Waals surface area contributed by atoms with Crippen LogP contribution < -0.4 is 24.4 Å².